The number of nitrogens with zero attached hydrogens (tertiary/aromatic N) is 1. The minimum atomic E-state index is 0. The minimum absolute atomic E-state index is 0. The fourth-order valence-corrected chi connectivity index (χ4v) is 2.71. The number of rotatable bonds is 1. The Morgan fingerprint density at radius 2 is 1.89 bits per heavy atom. The Morgan fingerprint density at radius 3 is 2.61 bits per heavy atom. The SMILES string of the molecule is Brc1cnc2[nH]c(C3CCNCC3)cc2c1.Cl.Cl. The van der Waals surface area contributed by atoms with Gasteiger partial charge in [-0.15, -0.1) is 24.8 Å². The third kappa shape index (κ3) is 3.18. The van der Waals surface area contributed by atoms with E-state index in [4.69, 9.17) is 0 Å². The first-order valence-electron chi connectivity index (χ1n) is 5.68. The number of aromatic nitrogens is 2. The summed E-state index contributed by atoms with van der Waals surface area (Å²) in [6.07, 6.45) is 4.27. The molecular formula is C12H16BrCl2N3. The fraction of sp³-hybridized carbons (Fsp3) is 0.417. The molecule has 3 nitrogen and oxygen atoms in total. The van der Waals surface area contributed by atoms with Gasteiger partial charge >= 0.3 is 0 Å². The molecule has 18 heavy (non-hydrogen) atoms. The highest BCUT2D eigenvalue weighted by molar-refractivity contribution is 9.10. The van der Waals surface area contributed by atoms with Crippen molar-refractivity contribution < 1.29 is 0 Å². The van der Waals surface area contributed by atoms with Crippen molar-refractivity contribution in [2.24, 2.45) is 0 Å². The fourth-order valence-electron chi connectivity index (χ4n) is 2.36. The van der Waals surface area contributed by atoms with Gasteiger partial charge < -0.3 is 10.3 Å². The molecular weight excluding hydrogens is 337 g/mol. The smallest absolute Gasteiger partial charge is 0.137 e. The van der Waals surface area contributed by atoms with Crippen LogP contribution in [-0.4, -0.2) is 23.1 Å². The molecule has 3 rings (SSSR count). The van der Waals surface area contributed by atoms with Gasteiger partial charge in [0.1, 0.15) is 5.65 Å². The third-order valence-corrected chi connectivity index (χ3v) is 3.67. The molecule has 0 bridgehead atoms. The van der Waals surface area contributed by atoms with Crippen LogP contribution in [-0.2, 0) is 0 Å². The maximum Gasteiger partial charge on any atom is 0.137 e. The van der Waals surface area contributed by atoms with Crippen LogP contribution in [0.5, 0.6) is 0 Å². The van der Waals surface area contributed by atoms with Gasteiger partial charge in [-0.25, -0.2) is 4.98 Å². The van der Waals surface area contributed by atoms with Gasteiger partial charge in [0, 0.05) is 27.7 Å². The lowest BCUT2D eigenvalue weighted by atomic mass is 9.95. The summed E-state index contributed by atoms with van der Waals surface area (Å²) in [4.78, 5) is 7.81. The van der Waals surface area contributed by atoms with Gasteiger partial charge in [0.2, 0.25) is 0 Å². The lowest BCUT2D eigenvalue weighted by Gasteiger charge is -2.21. The van der Waals surface area contributed by atoms with Crippen LogP contribution in [0.4, 0.5) is 0 Å². The number of hydrogen-bond donors (Lipinski definition) is 2. The van der Waals surface area contributed by atoms with E-state index in [0.29, 0.717) is 5.92 Å². The Balaban J connectivity index is 0.000000810. The van der Waals surface area contributed by atoms with E-state index in [0.717, 1.165) is 23.2 Å². The number of pyridine rings is 1. The van der Waals surface area contributed by atoms with Crippen LogP contribution in [0.1, 0.15) is 24.5 Å². The molecule has 0 aromatic carbocycles. The van der Waals surface area contributed by atoms with Crippen LogP contribution >= 0.6 is 40.7 Å². The van der Waals surface area contributed by atoms with Crippen molar-refractivity contribution in [2.45, 2.75) is 18.8 Å². The molecule has 0 radical (unpaired) electrons. The van der Waals surface area contributed by atoms with E-state index < -0.39 is 0 Å². The molecule has 0 spiro atoms. The highest BCUT2D eigenvalue weighted by atomic mass is 79.9. The third-order valence-electron chi connectivity index (χ3n) is 3.24. The monoisotopic (exact) mass is 351 g/mol. The molecule has 1 saturated heterocycles. The zero-order valence-corrected chi connectivity index (χ0v) is 13.0. The van der Waals surface area contributed by atoms with Gasteiger partial charge in [-0.05, 0) is 54.0 Å². The Morgan fingerprint density at radius 1 is 1.17 bits per heavy atom. The predicted octanol–water partition coefficient (Wildman–Crippen LogP) is 3.64. The summed E-state index contributed by atoms with van der Waals surface area (Å²) in [7, 11) is 0. The van der Waals surface area contributed by atoms with E-state index in [2.05, 4.69) is 43.3 Å². The van der Waals surface area contributed by atoms with Gasteiger partial charge in [0.15, 0.2) is 0 Å². The number of piperidine rings is 1. The summed E-state index contributed by atoms with van der Waals surface area (Å²) in [5.74, 6) is 0.661. The number of aromatic amines is 1. The quantitative estimate of drug-likeness (QED) is 0.822. The average Bonchev–Trinajstić information content (AvgIpc) is 2.73. The van der Waals surface area contributed by atoms with E-state index >= 15 is 0 Å². The van der Waals surface area contributed by atoms with Gasteiger partial charge in [-0.3, -0.25) is 0 Å². The van der Waals surface area contributed by atoms with E-state index in [1.54, 1.807) is 0 Å². The molecule has 2 aromatic rings. The second kappa shape index (κ2) is 6.75. The molecule has 2 aromatic heterocycles. The molecule has 2 N–H and O–H groups in total. The molecule has 0 unspecified atom stereocenters. The highest BCUT2D eigenvalue weighted by Gasteiger charge is 2.17. The lowest BCUT2D eigenvalue weighted by molar-refractivity contribution is 0.455. The summed E-state index contributed by atoms with van der Waals surface area (Å²) >= 11 is 3.45. The van der Waals surface area contributed by atoms with E-state index in [1.165, 1.54) is 23.9 Å². The second-order valence-corrected chi connectivity index (χ2v) is 5.26. The maximum absolute atomic E-state index is 4.38. The van der Waals surface area contributed by atoms with Crippen molar-refractivity contribution in [3.05, 3.63) is 28.5 Å². The van der Waals surface area contributed by atoms with Crippen molar-refractivity contribution in [3.8, 4) is 0 Å². The number of fused-ring (bicyclic) bond motifs is 1. The Bertz CT molecular complexity index is 509. The van der Waals surface area contributed by atoms with Crippen molar-refractivity contribution in [1.82, 2.24) is 15.3 Å². The predicted molar refractivity (Wildman–Crippen MR) is 83.1 cm³/mol. The van der Waals surface area contributed by atoms with Gasteiger partial charge in [0.25, 0.3) is 0 Å². The summed E-state index contributed by atoms with van der Waals surface area (Å²) in [6.45, 7) is 2.24. The number of halogens is 3. The van der Waals surface area contributed by atoms with Crippen LogP contribution in [0.2, 0.25) is 0 Å². The summed E-state index contributed by atoms with van der Waals surface area (Å²) in [6, 6.07) is 4.35. The van der Waals surface area contributed by atoms with Gasteiger partial charge in [-0.1, -0.05) is 0 Å². The average molecular weight is 353 g/mol. The first kappa shape index (κ1) is 15.8. The number of nitrogens with one attached hydrogen (secondary N) is 2. The zero-order valence-electron chi connectivity index (χ0n) is 9.78. The van der Waals surface area contributed by atoms with Crippen molar-refractivity contribution in [1.29, 1.82) is 0 Å². The van der Waals surface area contributed by atoms with Crippen LogP contribution in [0, 0.1) is 0 Å². The molecule has 1 fully saturated rings. The first-order chi connectivity index (χ1) is 7.83. The number of hydrogen-bond acceptors (Lipinski definition) is 2. The Kier molecular flexibility index (Phi) is 5.92. The maximum atomic E-state index is 4.38. The van der Waals surface area contributed by atoms with Crippen LogP contribution in [0.15, 0.2) is 22.8 Å². The Labute approximate surface area is 127 Å². The molecule has 100 valence electrons. The topological polar surface area (TPSA) is 40.7 Å². The second-order valence-electron chi connectivity index (χ2n) is 4.34. The molecule has 0 aliphatic carbocycles. The largest absolute Gasteiger partial charge is 0.343 e. The number of H-pyrrole nitrogens is 1. The molecule has 1 aliphatic heterocycles. The Hall–Kier alpha value is -0.290. The minimum Gasteiger partial charge on any atom is -0.343 e. The highest BCUT2D eigenvalue weighted by Crippen LogP contribution is 2.27. The summed E-state index contributed by atoms with van der Waals surface area (Å²) in [5.41, 5.74) is 2.33. The van der Waals surface area contributed by atoms with E-state index in [1.807, 2.05) is 6.20 Å². The normalized spacial score (nSPS) is 16.1. The van der Waals surface area contributed by atoms with Crippen molar-refractivity contribution in [3.63, 3.8) is 0 Å². The van der Waals surface area contributed by atoms with Crippen LogP contribution in [0.3, 0.4) is 0 Å². The molecule has 0 saturated carbocycles. The van der Waals surface area contributed by atoms with Crippen LogP contribution in [0.25, 0.3) is 11.0 Å². The molecule has 6 heteroatoms. The van der Waals surface area contributed by atoms with E-state index in [9.17, 15) is 0 Å². The van der Waals surface area contributed by atoms with Gasteiger partial charge in [0.05, 0.1) is 0 Å². The molecule has 0 atom stereocenters. The van der Waals surface area contributed by atoms with Crippen molar-refractivity contribution in [2.75, 3.05) is 13.1 Å². The summed E-state index contributed by atoms with van der Waals surface area (Å²) in [5, 5.41) is 4.59. The molecule has 1 aliphatic rings. The molecule has 0 amide bonds. The van der Waals surface area contributed by atoms with Crippen molar-refractivity contribution >= 4 is 51.8 Å². The summed E-state index contributed by atoms with van der Waals surface area (Å²) < 4.78 is 1.04. The van der Waals surface area contributed by atoms with Gasteiger partial charge in [-0.2, -0.15) is 0 Å². The standard InChI is InChI=1S/C12H14BrN3.2ClH/c13-10-5-9-6-11(16-12(9)15-7-10)8-1-3-14-4-2-8;;/h5-8,14H,1-4H2,(H,15,16);2*1H. The molecule has 3 heterocycles. The zero-order chi connectivity index (χ0) is 11.0. The van der Waals surface area contributed by atoms with E-state index in [-0.39, 0.29) is 24.8 Å². The first-order valence-corrected chi connectivity index (χ1v) is 6.47. The lowest BCUT2D eigenvalue weighted by Crippen LogP contribution is -2.26. The van der Waals surface area contributed by atoms with Crippen LogP contribution < -0.4 is 5.32 Å².